The van der Waals surface area contributed by atoms with Gasteiger partial charge in [0.15, 0.2) is 0 Å². The Morgan fingerprint density at radius 1 is 1.60 bits per heavy atom. The Hall–Kier alpha value is -1.38. The van der Waals surface area contributed by atoms with Gasteiger partial charge in [0.2, 0.25) is 0 Å². The molecule has 1 aromatic rings. The van der Waals surface area contributed by atoms with Crippen LogP contribution in [0.15, 0.2) is 29.3 Å². The van der Waals surface area contributed by atoms with Gasteiger partial charge in [-0.25, -0.2) is 4.39 Å². The van der Waals surface area contributed by atoms with Crippen molar-refractivity contribution >= 4 is 23.3 Å². The third-order valence-electron chi connectivity index (χ3n) is 2.00. The minimum Gasteiger partial charge on any atom is -0.271 e. The quantitative estimate of drug-likeness (QED) is 0.582. The van der Waals surface area contributed by atoms with Crippen molar-refractivity contribution in [3.63, 3.8) is 0 Å². The van der Waals surface area contributed by atoms with E-state index in [2.05, 4.69) is 17.2 Å². The van der Waals surface area contributed by atoms with E-state index in [1.807, 2.05) is 5.16 Å². The fourth-order valence-electron chi connectivity index (χ4n) is 1.34. The molecule has 0 radical (unpaired) electrons. The second-order valence-corrected chi connectivity index (χ2v) is 3.27. The Bertz CT molecular complexity index is 411. The maximum absolute atomic E-state index is 13.2. The fourth-order valence-corrected chi connectivity index (χ4v) is 1.44. The standard InChI is InChI=1S/C11H10FNOS/c1-8(12)10-5-3-2-4-9(10)6-11(14)13-7-15/h2-5,8H,6H2,1H3. The highest BCUT2D eigenvalue weighted by molar-refractivity contribution is 7.78. The van der Waals surface area contributed by atoms with Gasteiger partial charge in [0.1, 0.15) is 6.17 Å². The Morgan fingerprint density at radius 2 is 2.27 bits per heavy atom. The van der Waals surface area contributed by atoms with Crippen LogP contribution in [0.3, 0.4) is 0 Å². The van der Waals surface area contributed by atoms with Gasteiger partial charge in [0, 0.05) is 0 Å². The van der Waals surface area contributed by atoms with E-state index in [-0.39, 0.29) is 6.42 Å². The average molecular weight is 223 g/mol. The summed E-state index contributed by atoms with van der Waals surface area (Å²) < 4.78 is 13.2. The molecule has 0 N–H and O–H groups in total. The lowest BCUT2D eigenvalue weighted by Crippen LogP contribution is -2.02. The van der Waals surface area contributed by atoms with E-state index < -0.39 is 12.1 Å². The largest absolute Gasteiger partial charge is 0.271 e. The number of isothiocyanates is 1. The van der Waals surface area contributed by atoms with Crippen molar-refractivity contribution in [2.75, 3.05) is 0 Å². The molecule has 1 rings (SSSR count). The van der Waals surface area contributed by atoms with E-state index in [4.69, 9.17) is 0 Å². The van der Waals surface area contributed by atoms with E-state index in [1.54, 1.807) is 24.3 Å². The predicted molar refractivity (Wildman–Crippen MR) is 59.7 cm³/mol. The number of alkyl halides is 1. The van der Waals surface area contributed by atoms with E-state index in [1.165, 1.54) is 6.92 Å². The van der Waals surface area contributed by atoms with Gasteiger partial charge >= 0.3 is 0 Å². The van der Waals surface area contributed by atoms with Crippen LogP contribution >= 0.6 is 12.2 Å². The zero-order valence-corrected chi connectivity index (χ0v) is 9.05. The summed E-state index contributed by atoms with van der Waals surface area (Å²) >= 11 is 4.32. The SMILES string of the molecule is CC(F)c1ccccc1CC(=O)N=C=S. The molecule has 78 valence electrons. The maximum atomic E-state index is 13.2. The number of hydrogen-bond donors (Lipinski definition) is 0. The first-order chi connectivity index (χ1) is 7.15. The molecule has 1 aromatic carbocycles. The molecule has 2 nitrogen and oxygen atoms in total. The molecule has 1 unspecified atom stereocenters. The summed E-state index contributed by atoms with van der Waals surface area (Å²) in [7, 11) is 0. The molecule has 1 atom stereocenters. The lowest BCUT2D eigenvalue weighted by atomic mass is 10.0. The Morgan fingerprint density at radius 3 is 2.87 bits per heavy atom. The molecule has 0 saturated heterocycles. The van der Waals surface area contributed by atoms with Crippen molar-refractivity contribution in [3.05, 3.63) is 35.4 Å². The van der Waals surface area contributed by atoms with Crippen LogP contribution in [0.25, 0.3) is 0 Å². The number of carbonyl (C=O) groups is 1. The van der Waals surface area contributed by atoms with E-state index >= 15 is 0 Å². The normalized spacial score (nSPS) is 11.6. The second kappa shape index (κ2) is 5.49. The van der Waals surface area contributed by atoms with Crippen LogP contribution < -0.4 is 0 Å². The predicted octanol–water partition coefficient (Wildman–Crippen LogP) is 2.89. The summed E-state index contributed by atoms with van der Waals surface area (Å²) in [6, 6.07) is 6.87. The molecule has 0 spiro atoms. The molecule has 15 heavy (non-hydrogen) atoms. The Labute approximate surface area is 92.8 Å². The summed E-state index contributed by atoms with van der Waals surface area (Å²) in [5.74, 6) is -0.405. The van der Waals surface area contributed by atoms with Crippen LogP contribution in [-0.4, -0.2) is 11.1 Å². The number of thiocarbonyl (C=S) groups is 1. The molecule has 0 bridgehead atoms. The van der Waals surface area contributed by atoms with Crippen LogP contribution in [0.1, 0.15) is 24.2 Å². The van der Waals surface area contributed by atoms with Gasteiger partial charge in [-0.3, -0.25) is 4.79 Å². The zero-order valence-electron chi connectivity index (χ0n) is 8.24. The van der Waals surface area contributed by atoms with Crippen LogP contribution in [-0.2, 0) is 11.2 Å². The highest BCUT2D eigenvalue weighted by Crippen LogP contribution is 2.21. The smallest absolute Gasteiger partial charge is 0.258 e. The monoisotopic (exact) mass is 223 g/mol. The molecule has 0 fully saturated rings. The van der Waals surface area contributed by atoms with Gasteiger partial charge in [0.05, 0.1) is 11.6 Å². The number of benzene rings is 1. The molecule has 1 amide bonds. The van der Waals surface area contributed by atoms with Crippen LogP contribution in [0.4, 0.5) is 4.39 Å². The number of nitrogens with zero attached hydrogens (tertiary/aromatic N) is 1. The van der Waals surface area contributed by atoms with E-state index in [0.29, 0.717) is 11.1 Å². The zero-order chi connectivity index (χ0) is 11.3. The maximum Gasteiger partial charge on any atom is 0.258 e. The number of halogens is 1. The number of rotatable bonds is 3. The topological polar surface area (TPSA) is 29.4 Å². The first-order valence-electron chi connectivity index (χ1n) is 4.47. The lowest BCUT2D eigenvalue weighted by Gasteiger charge is -2.07. The molecule has 0 aromatic heterocycles. The average Bonchev–Trinajstić information content (AvgIpc) is 2.18. The first-order valence-corrected chi connectivity index (χ1v) is 4.88. The van der Waals surface area contributed by atoms with E-state index in [9.17, 15) is 9.18 Å². The minimum absolute atomic E-state index is 0.0636. The highest BCUT2D eigenvalue weighted by atomic mass is 32.1. The van der Waals surface area contributed by atoms with Gasteiger partial charge in [-0.15, -0.1) is 0 Å². The van der Waals surface area contributed by atoms with Crippen molar-refractivity contribution in [1.29, 1.82) is 0 Å². The van der Waals surface area contributed by atoms with Gasteiger partial charge in [0.25, 0.3) is 5.91 Å². The Kier molecular flexibility index (Phi) is 4.28. The van der Waals surface area contributed by atoms with Gasteiger partial charge in [-0.05, 0) is 30.3 Å². The van der Waals surface area contributed by atoms with E-state index in [0.717, 1.165) is 0 Å². The van der Waals surface area contributed by atoms with Crippen molar-refractivity contribution in [2.24, 2.45) is 4.99 Å². The Balaban J connectivity index is 2.93. The summed E-state index contributed by atoms with van der Waals surface area (Å²) in [5.41, 5.74) is 1.16. The summed E-state index contributed by atoms with van der Waals surface area (Å²) in [4.78, 5) is 14.5. The molecular formula is C11H10FNOS. The van der Waals surface area contributed by atoms with Crippen molar-refractivity contribution in [1.82, 2.24) is 0 Å². The number of amides is 1. The van der Waals surface area contributed by atoms with Gasteiger partial charge in [-0.1, -0.05) is 24.3 Å². The third kappa shape index (κ3) is 3.35. The van der Waals surface area contributed by atoms with Crippen LogP contribution in [0.2, 0.25) is 0 Å². The minimum atomic E-state index is -1.09. The summed E-state index contributed by atoms with van der Waals surface area (Å²) in [5, 5.41) is 2.00. The number of hydrogen-bond acceptors (Lipinski definition) is 2. The first kappa shape index (κ1) is 11.7. The molecule has 0 aliphatic carbocycles. The molecule has 4 heteroatoms. The molecular weight excluding hydrogens is 213 g/mol. The highest BCUT2D eigenvalue weighted by Gasteiger charge is 2.11. The van der Waals surface area contributed by atoms with Gasteiger partial charge in [-0.2, -0.15) is 4.99 Å². The van der Waals surface area contributed by atoms with Crippen LogP contribution in [0.5, 0.6) is 0 Å². The van der Waals surface area contributed by atoms with Crippen molar-refractivity contribution in [2.45, 2.75) is 19.5 Å². The third-order valence-corrected chi connectivity index (χ3v) is 2.09. The van der Waals surface area contributed by atoms with Gasteiger partial charge < -0.3 is 0 Å². The summed E-state index contributed by atoms with van der Waals surface area (Å²) in [6.45, 7) is 1.44. The molecule has 0 heterocycles. The van der Waals surface area contributed by atoms with Crippen molar-refractivity contribution < 1.29 is 9.18 Å². The van der Waals surface area contributed by atoms with Crippen LogP contribution in [0, 0.1) is 0 Å². The van der Waals surface area contributed by atoms with Crippen molar-refractivity contribution in [3.8, 4) is 0 Å². The molecule has 0 aliphatic rings. The molecule has 0 aliphatic heterocycles. The lowest BCUT2D eigenvalue weighted by molar-refractivity contribution is -0.117. The number of carbonyl (C=O) groups excluding carboxylic acids is 1. The summed E-state index contributed by atoms with van der Waals surface area (Å²) in [6.07, 6.45) is -1.03. The fraction of sp³-hybridized carbons (Fsp3) is 0.273. The number of aliphatic imine (C=N–C) groups is 1. The second-order valence-electron chi connectivity index (χ2n) is 3.09. The molecule has 0 saturated carbocycles.